The highest BCUT2D eigenvalue weighted by Gasteiger charge is 2.23. The third kappa shape index (κ3) is 4.35. The summed E-state index contributed by atoms with van der Waals surface area (Å²) >= 11 is 0. The molecule has 0 bridgehead atoms. The summed E-state index contributed by atoms with van der Waals surface area (Å²) in [5.74, 6) is 4.89. The quantitative estimate of drug-likeness (QED) is 0.616. The fourth-order valence-electron chi connectivity index (χ4n) is 3.05. The number of aliphatic carboxylic acids is 1. The average molecular weight is 371 g/mol. The summed E-state index contributed by atoms with van der Waals surface area (Å²) in [6.07, 6.45) is 0. The molecule has 142 valence electrons. The van der Waals surface area contributed by atoms with Gasteiger partial charge in [0.15, 0.2) is 0 Å². The lowest BCUT2D eigenvalue weighted by Gasteiger charge is -2.25. The molecule has 0 aromatic heterocycles. The van der Waals surface area contributed by atoms with Gasteiger partial charge in [0, 0.05) is 29.7 Å². The third-order valence-electron chi connectivity index (χ3n) is 4.87. The predicted molar refractivity (Wildman–Crippen MR) is 115 cm³/mol. The van der Waals surface area contributed by atoms with Crippen molar-refractivity contribution in [3.63, 3.8) is 0 Å². The number of benzene rings is 3. The van der Waals surface area contributed by atoms with Crippen LogP contribution in [-0.4, -0.2) is 17.6 Å². The lowest BCUT2D eigenvalue weighted by molar-refractivity contribution is -0.143. The molecule has 0 aliphatic heterocycles. The number of nitrogens with zero attached hydrogens (tertiary/aromatic N) is 1. The molecule has 0 aliphatic carbocycles. The molecule has 0 saturated heterocycles. The molecule has 3 rings (SSSR count). The topological polar surface area (TPSA) is 40.5 Å². The first kappa shape index (κ1) is 19.5. The summed E-state index contributed by atoms with van der Waals surface area (Å²) < 4.78 is 0. The van der Waals surface area contributed by atoms with Gasteiger partial charge in [-0.15, -0.1) is 0 Å². The zero-order valence-corrected chi connectivity index (χ0v) is 16.6. The van der Waals surface area contributed by atoms with E-state index >= 15 is 0 Å². The van der Waals surface area contributed by atoms with E-state index in [1.54, 1.807) is 13.8 Å². The van der Waals surface area contributed by atoms with E-state index in [1.807, 2.05) is 12.1 Å². The number of carboxylic acid groups (broad SMARTS) is 1. The number of hydrogen-bond donors (Lipinski definition) is 1. The smallest absolute Gasteiger partial charge is 0.321 e. The van der Waals surface area contributed by atoms with E-state index in [0.29, 0.717) is 0 Å². The maximum absolute atomic E-state index is 11.2. The van der Waals surface area contributed by atoms with E-state index in [-0.39, 0.29) is 0 Å². The fraction of sp³-hybridized carbons (Fsp3) is 0.240. The maximum atomic E-state index is 11.2. The van der Waals surface area contributed by atoms with E-state index in [9.17, 15) is 4.79 Å². The van der Waals surface area contributed by atoms with Crippen molar-refractivity contribution >= 4 is 22.4 Å². The second kappa shape index (κ2) is 8.19. The SMILES string of the molecule is CCN(Cc1ccc(C#CC(C)(C)C(=O)O)cc1)c1cccc2ccccc12. The van der Waals surface area contributed by atoms with Gasteiger partial charge in [-0.2, -0.15) is 0 Å². The Morgan fingerprint density at radius 2 is 1.68 bits per heavy atom. The second-order valence-electron chi connectivity index (χ2n) is 7.39. The molecule has 1 N–H and O–H groups in total. The van der Waals surface area contributed by atoms with Crippen LogP contribution >= 0.6 is 0 Å². The summed E-state index contributed by atoms with van der Waals surface area (Å²) in [6.45, 7) is 7.09. The van der Waals surface area contributed by atoms with Gasteiger partial charge < -0.3 is 10.0 Å². The van der Waals surface area contributed by atoms with Gasteiger partial charge in [-0.05, 0) is 49.9 Å². The lowest BCUT2D eigenvalue weighted by atomic mass is 9.94. The van der Waals surface area contributed by atoms with Crippen molar-refractivity contribution in [1.82, 2.24) is 0 Å². The highest BCUT2D eigenvalue weighted by molar-refractivity contribution is 5.94. The van der Waals surface area contributed by atoms with Crippen LogP contribution in [0.2, 0.25) is 0 Å². The molecule has 0 aliphatic rings. The van der Waals surface area contributed by atoms with Crippen molar-refractivity contribution in [2.75, 3.05) is 11.4 Å². The molecule has 0 unspecified atom stereocenters. The minimum Gasteiger partial charge on any atom is -0.480 e. The van der Waals surface area contributed by atoms with Crippen molar-refractivity contribution in [1.29, 1.82) is 0 Å². The van der Waals surface area contributed by atoms with Crippen molar-refractivity contribution in [2.24, 2.45) is 5.41 Å². The zero-order chi connectivity index (χ0) is 20.1. The van der Waals surface area contributed by atoms with E-state index in [0.717, 1.165) is 18.7 Å². The molecule has 0 amide bonds. The average Bonchev–Trinajstić information content (AvgIpc) is 2.71. The predicted octanol–water partition coefficient (Wildman–Crippen LogP) is 5.33. The first-order valence-corrected chi connectivity index (χ1v) is 9.49. The van der Waals surface area contributed by atoms with Gasteiger partial charge in [-0.25, -0.2) is 0 Å². The van der Waals surface area contributed by atoms with Crippen molar-refractivity contribution in [2.45, 2.75) is 27.3 Å². The summed E-state index contributed by atoms with van der Waals surface area (Å²) in [5, 5.41) is 11.7. The molecule has 0 atom stereocenters. The molecular formula is C25H25NO2. The largest absolute Gasteiger partial charge is 0.480 e. The van der Waals surface area contributed by atoms with Crippen LogP contribution < -0.4 is 4.90 Å². The molecule has 0 spiro atoms. The van der Waals surface area contributed by atoms with Crippen molar-refractivity contribution < 1.29 is 9.90 Å². The molecule has 3 heteroatoms. The van der Waals surface area contributed by atoms with Crippen LogP contribution in [0.1, 0.15) is 31.9 Å². The highest BCUT2D eigenvalue weighted by atomic mass is 16.4. The van der Waals surface area contributed by atoms with Gasteiger partial charge in [0.25, 0.3) is 0 Å². The molecule has 28 heavy (non-hydrogen) atoms. The summed E-state index contributed by atoms with van der Waals surface area (Å²) in [7, 11) is 0. The summed E-state index contributed by atoms with van der Waals surface area (Å²) in [4.78, 5) is 13.5. The Labute approximate surface area is 166 Å². The molecule has 0 fully saturated rings. The number of fused-ring (bicyclic) bond motifs is 1. The Bertz CT molecular complexity index is 1030. The number of carboxylic acids is 1. The van der Waals surface area contributed by atoms with Crippen molar-refractivity contribution in [3.05, 3.63) is 77.9 Å². The molecule has 0 radical (unpaired) electrons. The van der Waals surface area contributed by atoms with Crippen LogP contribution in [0.3, 0.4) is 0 Å². The summed E-state index contributed by atoms with van der Waals surface area (Å²) in [5.41, 5.74) is 2.20. The standard InChI is InChI=1S/C25H25NO2/c1-4-26(23-11-7-9-21-8-5-6-10-22(21)23)18-20-14-12-19(13-15-20)16-17-25(2,3)24(27)28/h5-15H,4,18H2,1-3H3,(H,27,28). The Kier molecular flexibility index (Phi) is 5.70. The van der Waals surface area contributed by atoms with Gasteiger partial charge in [-0.1, -0.05) is 60.4 Å². The molecule has 3 aromatic carbocycles. The van der Waals surface area contributed by atoms with E-state index in [2.05, 4.69) is 78.3 Å². The Hall–Kier alpha value is -3.25. The van der Waals surface area contributed by atoms with Crippen LogP contribution in [0, 0.1) is 17.3 Å². The molecule has 3 nitrogen and oxygen atoms in total. The fourth-order valence-corrected chi connectivity index (χ4v) is 3.05. The first-order valence-electron chi connectivity index (χ1n) is 9.49. The molecule has 0 saturated carbocycles. The Morgan fingerprint density at radius 1 is 1.00 bits per heavy atom. The maximum Gasteiger partial charge on any atom is 0.321 e. The van der Waals surface area contributed by atoms with E-state index < -0.39 is 11.4 Å². The third-order valence-corrected chi connectivity index (χ3v) is 4.87. The van der Waals surface area contributed by atoms with Gasteiger partial charge in [-0.3, -0.25) is 4.79 Å². The monoisotopic (exact) mass is 371 g/mol. The van der Waals surface area contributed by atoms with Crippen LogP contribution in [0.15, 0.2) is 66.7 Å². The van der Waals surface area contributed by atoms with Crippen molar-refractivity contribution in [3.8, 4) is 11.8 Å². The van der Waals surface area contributed by atoms with Crippen LogP contribution in [0.4, 0.5) is 5.69 Å². The van der Waals surface area contributed by atoms with Crippen LogP contribution in [0.25, 0.3) is 10.8 Å². The highest BCUT2D eigenvalue weighted by Crippen LogP contribution is 2.27. The Balaban J connectivity index is 1.81. The van der Waals surface area contributed by atoms with Crippen LogP contribution in [0.5, 0.6) is 0 Å². The molecular weight excluding hydrogens is 346 g/mol. The number of anilines is 1. The zero-order valence-electron chi connectivity index (χ0n) is 16.6. The van der Waals surface area contributed by atoms with Crippen LogP contribution in [-0.2, 0) is 11.3 Å². The minimum atomic E-state index is -1.05. The summed E-state index contributed by atoms with van der Waals surface area (Å²) in [6, 6.07) is 22.9. The number of carbonyl (C=O) groups is 1. The van der Waals surface area contributed by atoms with E-state index in [4.69, 9.17) is 5.11 Å². The second-order valence-corrected chi connectivity index (χ2v) is 7.39. The minimum absolute atomic E-state index is 0.804. The normalized spacial score (nSPS) is 11.0. The number of rotatable bonds is 5. The van der Waals surface area contributed by atoms with Gasteiger partial charge >= 0.3 is 5.97 Å². The molecule has 3 aromatic rings. The van der Waals surface area contributed by atoms with Gasteiger partial charge in [0.2, 0.25) is 0 Å². The van der Waals surface area contributed by atoms with E-state index in [1.165, 1.54) is 22.0 Å². The molecule has 0 heterocycles. The lowest BCUT2D eigenvalue weighted by Crippen LogP contribution is -2.22. The Morgan fingerprint density at radius 3 is 2.36 bits per heavy atom. The number of hydrogen-bond acceptors (Lipinski definition) is 2. The van der Waals surface area contributed by atoms with Gasteiger partial charge in [0.1, 0.15) is 5.41 Å². The van der Waals surface area contributed by atoms with Gasteiger partial charge in [0.05, 0.1) is 0 Å². The first-order chi connectivity index (χ1) is 13.4.